The SMILES string of the molecule is CC(=O)NC1CCC2CC21C(=O)O. The fourth-order valence-corrected chi connectivity index (χ4v) is 2.62. The molecular weight excluding hydrogens is 170 g/mol. The van der Waals surface area contributed by atoms with Gasteiger partial charge in [0.25, 0.3) is 0 Å². The lowest BCUT2D eigenvalue weighted by molar-refractivity contribution is -0.144. The highest BCUT2D eigenvalue weighted by Gasteiger charge is 2.68. The van der Waals surface area contributed by atoms with E-state index in [9.17, 15) is 9.59 Å². The van der Waals surface area contributed by atoms with Crippen LogP contribution in [0.1, 0.15) is 26.2 Å². The molecular formula is C9H13NO3. The second kappa shape index (κ2) is 2.47. The maximum absolute atomic E-state index is 11.0. The van der Waals surface area contributed by atoms with Gasteiger partial charge in [-0.15, -0.1) is 0 Å². The lowest BCUT2D eigenvalue weighted by atomic mass is 9.98. The van der Waals surface area contributed by atoms with Gasteiger partial charge >= 0.3 is 5.97 Å². The summed E-state index contributed by atoms with van der Waals surface area (Å²) in [5, 5.41) is 11.8. The molecule has 3 atom stereocenters. The van der Waals surface area contributed by atoms with Gasteiger partial charge in [0.2, 0.25) is 5.91 Å². The molecule has 4 heteroatoms. The van der Waals surface area contributed by atoms with Crippen LogP contribution in [0.5, 0.6) is 0 Å². The van der Waals surface area contributed by atoms with E-state index in [1.54, 1.807) is 0 Å². The van der Waals surface area contributed by atoms with Crippen molar-refractivity contribution in [2.24, 2.45) is 11.3 Å². The average molecular weight is 183 g/mol. The molecule has 72 valence electrons. The van der Waals surface area contributed by atoms with Crippen molar-refractivity contribution in [1.82, 2.24) is 5.32 Å². The van der Waals surface area contributed by atoms with Gasteiger partial charge in [-0.2, -0.15) is 0 Å². The number of hydrogen-bond donors (Lipinski definition) is 2. The molecule has 0 radical (unpaired) electrons. The van der Waals surface area contributed by atoms with Crippen molar-refractivity contribution in [2.75, 3.05) is 0 Å². The number of amides is 1. The van der Waals surface area contributed by atoms with Gasteiger partial charge in [0.1, 0.15) is 0 Å². The number of hydrogen-bond acceptors (Lipinski definition) is 2. The Morgan fingerprint density at radius 2 is 2.15 bits per heavy atom. The molecule has 0 aromatic rings. The summed E-state index contributed by atoms with van der Waals surface area (Å²) in [5.41, 5.74) is -0.605. The van der Waals surface area contributed by atoms with E-state index < -0.39 is 11.4 Å². The highest BCUT2D eigenvalue weighted by atomic mass is 16.4. The van der Waals surface area contributed by atoms with Crippen LogP contribution in [-0.4, -0.2) is 23.0 Å². The Labute approximate surface area is 76.3 Å². The van der Waals surface area contributed by atoms with Crippen LogP contribution < -0.4 is 5.32 Å². The summed E-state index contributed by atoms with van der Waals surface area (Å²) < 4.78 is 0. The van der Waals surface area contributed by atoms with Crippen molar-refractivity contribution in [3.8, 4) is 0 Å². The molecule has 4 nitrogen and oxygen atoms in total. The van der Waals surface area contributed by atoms with E-state index >= 15 is 0 Å². The molecule has 0 aromatic carbocycles. The molecule has 0 aromatic heterocycles. The van der Waals surface area contributed by atoms with E-state index in [1.165, 1.54) is 6.92 Å². The van der Waals surface area contributed by atoms with Gasteiger partial charge in [0.05, 0.1) is 5.41 Å². The Morgan fingerprint density at radius 1 is 1.46 bits per heavy atom. The summed E-state index contributed by atoms with van der Waals surface area (Å²) in [6.07, 6.45) is 2.50. The smallest absolute Gasteiger partial charge is 0.312 e. The van der Waals surface area contributed by atoms with Gasteiger partial charge in [-0.25, -0.2) is 0 Å². The van der Waals surface area contributed by atoms with Crippen molar-refractivity contribution < 1.29 is 14.7 Å². The van der Waals surface area contributed by atoms with Crippen LogP contribution in [0.2, 0.25) is 0 Å². The zero-order chi connectivity index (χ0) is 9.64. The van der Waals surface area contributed by atoms with E-state index in [0.717, 1.165) is 19.3 Å². The molecule has 1 amide bonds. The topological polar surface area (TPSA) is 66.4 Å². The molecule has 0 aliphatic heterocycles. The molecule has 0 heterocycles. The van der Waals surface area contributed by atoms with Crippen LogP contribution in [0.15, 0.2) is 0 Å². The first-order valence-corrected chi connectivity index (χ1v) is 4.58. The van der Waals surface area contributed by atoms with Gasteiger partial charge in [0, 0.05) is 13.0 Å². The first kappa shape index (κ1) is 8.53. The van der Waals surface area contributed by atoms with Crippen LogP contribution in [0.3, 0.4) is 0 Å². The number of nitrogens with one attached hydrogen (secondary N) is 1. The lowest BCUT2D eigenvalue weighted by Crippen LogP contribution is -2.42. The van der Waals surface area contributed by atoms with Gasteiger partial charge in [0.15, 0.2) is 0 Å². The predicted octanol–water partition coefficient (Wildman–Crippen LogP) is 0.376. The number of fused-ring (bicyclic) bond motifs is 1. The van der Waals surface area contributed by atoms with Crippen molar-refractivity contribution in [3.05, 3.63) is 0 Å². The fraction of sp³-hybridized carbons (Fsp3) is 0.778. The summed E-state index contributed by atoms with van der Waals surface area (Å²) in [6, 6.07) is -0.132. The summed E-state index contributed by atoms with van der Waals surface area (Å²) in [6.45, 7) is 1.44. The number of rotatable bonds is 2. The number of carbonyl (C=O) groups is 2. The summed E-state index contributed by atoms with van der Waals surface area (Å²) in [7, 11) is 0. The first-order chi connectivity index (χ1) is 6.07. The van der Waals surface area contributed by atoms with Crippen LogP contribution in [0.25, 0.3) is 0 Å². The molecule has 13 heavy (non-hydrogen) atoms. The quantitative estimate of drug-likeness (QED) is 0.650. The van der Waals surface area contributed by atoms with Crippen molar-refractivity contribution in [3.63, 3.8) is 0 Å². The fourth-order valence-electron chi connectivity index (χ4n) is 2.62. The van der Waals surface area contributed by atoms with Gasteiger partial charge < -0.3 is 10.4 Å². The van der Waals surface area contributed by atoms with E-state index in [-0.39, 0.29) is 11.9 Å². The van der Waals surface area contributed by atoms with E-state index in [1.807, 2.05) is 0 Å². The third kappa shape index (κ3) is 1.04. The molecule has 2 aliphatic rings. The Morgan fingerprint density at radius 3 is 2.62 bits per heavy atom. The van der Waals surface area contributed by atoms with Crippen LogP contribution in [0.4, 0.5) is 0 Å². The highest BCUT2D eigenvalue weighted by molar-refractivity contribution is 5.82. The number of aliphatic carboxylic acids is 1. The van der Waals surface area contributed by atoms with Crippen molar-refractivity contribution in [2.45, 2.75) is 32.2 Å². The van der Waals surface area contributed by atoms with Crippen LogP contribution >= 0.6 is 0 Å². The molecule has 3 unspecified atom stereocenters. The minimum atomic E-state index is -0.742. The van der Waals surface area contributed by atoms with Gasteiger partial charge in [-0.1, -0.05) is 0 Å². The molecule has 2 saturated carbocycles. The number of carboxylic acids is 1. The summed E-state index contributed by atoms with van der Waals surface area (Å²) >= 11 is 0. The first-order valence-electron chi connectivity index (χ1n) is 4.58. The zero-order valence-electron chi connectivity index (χ0n) is 7.54. The number of carbonyl (C=O) groups excluding carboxylic acids is 1. The van der Waals surface area contributed by atoms with E-state index in [0.29, 0.717) is 5.92 Å². The van der Waals surface area contributed by atoms with Crippen molar-refractivity contribution >= 4 is 11.9 Å². The average Bonchev–Trinajstić information content (AvgIpc) is 2.66. The standard InChI is InChI=1S/C9H13NO3/c1-5(11)10-7-3-2-6-4-9(6,7)8(12)13/h6-7H,2-4H2,1H3,(H,10,11)(H,12,13). The molecule has 2 rings (SSSR count). The second-order valence-corrected chi connectivity index (χ2v) is 4.08. The third-order valence-corrected chi connectivity index (χ3v) is 3.35. The Kier molecular flexibility index (Phi) is 1.62. The summed E-state index contributed by atoms with van der Waals surface area (Å²) in [5.74, 6) is -0.561. The third-order valence-electron chi connectivity index (χ3n) is 3.35. The zero-order valence-corrected chi connectivity index (χ0v) is 7.54. The predicted molar refractivity (Wildman–Crippen MR) is 45.0 cm³/mol. The van der Waals surface area contributed by atoms with Gasteiger partial charge in [-0.3, -0.25) is 9.59 Å². The lowest BCUT2D eigenvalue weighted by Gasteiger charge is -2.19. The summed E-state index contributed by atoms with van der Waals surface area (Å²) in [4.78, 5) is 21.8. The largest absolute Gasteiger partial charge is 0.481 e. The minimum absolute atomic E-state index is 0.127. The molecule has 2 fully saturated rings. The molecule has 0 spiro atoms. The maximum Gasteiger partial charge on any atom is 0.312 e. The van der Waals surface area contributed by atoms with Gasteiger partial charge in [-0.05, 0) is 25.2 Å². The Bertz CT molecular complexity index is 276. The Balaban J connectivity index is 2.12. The van der Waals surface area contributed by atoms with Crippen LogP contribution in [-0.2, 0) is 9.59 Å². The molecule has 0 saturated heterocycles. The Hall–Kier alpha value is -1.06. The second-order valence-electron chi connectivity index (χ2n) is 4.08. The molecule has 2 aliphatic carbocycles. The normalized spacial score (nSPS) is 41.0. The van der Waals surface area contributed by atoms with Crippen LogP contribution in [0, 0.1) is 11.3 Å². The molecule has 2 N–H and O–H groups in total. The van der Waals surface area contributed by atoms with E-state index in [2.05, 4.69) is 5.32 Å². The number of carboxylic acid groups (broad SMARTS) is 1. The maximum atomic E-state index is 11.0. The monoisotopic (exact) mass is 183 g/mol. The van der Waals surface area contributed by atoms with E-state index in [4.69, 9.17) is 5.11 Å². The highest BCUT2D eigenvalue weighted by Crippen LogP contribution is 2.63. The molecule has 0 bridgehead atoms. The minimum Gasteiger partial charge on any atom is -0.481 e. The van der Waals surface area contributed by atoms with Crippen molar-refractivity contribution in [1.29, 1.82) is 0 Å².